The summed E-state index contributed by atoms with van der Waals surface area (Å²) in [6, 6.07) is 9.06. The third-order valence-corrected chi connectivity index (χ3v) is 1.81. The van der Waals surface area contributed by atoms with Gasteiger partial charge >= 0.3 is 25.4 Å². The van der Waals surface area contributed by atoms with Crippen LogP contribution in [0.15, 0.2) is 24.3 Å². The molecule has 0 bridgehead atoms. The molecule has 0 aliphatic rings. The Balaban J connectivity index is 0.00000196. The van der Waals surface area contributed by atoms with Crippen molar-refractivity contribution in [3.63, 3.8) is 0 Å². The minimum absolute atomic E-state index is 0. The van der Waals surface area contributed by atoms with E-state index >= 15 is 0 Å². The summed E-state index contributed by atoms with van der Waals surface area (Å²) in [5.74, 6) is -1.05. The van der Waals surface area contributed by atoms with E-state index in [-0.39, 0.29) is 25.9 Å². The Kier molecular flexibility index (Phi) is 6.06. The monoisotopic (exact) mass is 253 g/mol. The van der Waals surface area contributed by atoms with Gasteiger partial charge in [0.15, 0.2) is 0 Å². The standard InChI is InChI=1S/C11H11NO2.Zn/c1-8(7-10(12)11(13)14)9-5-3-2-4-6-9;/h1-5,10H,7,12H2,(H,13,14);/q-2;+2. The number of carboxylic acid groups (broad SMARTS) is 1. The van der Waals surface area contributed by atoms with E-state index in [0.717, 1.165) is 0 Å². The molecule has 0 heterocycles. The van der Waals surface area contributed by atoms with Crippen molar-refractivity contribution in [2.75, 3.05) is 0 Å². The number of benzene rings is 1. The Labute approximate surface area is 102 Å². The van der Waals surface area contributed by atoms with Gasteiger partial charge < -0.3 is 23.0 Å². The molecule has 0 aliphatic carbocycles. The molecule has 15 heavy (non-hydrogen) atoms. The SMILES string of the molecule is [CH-]=C(CC(N)C(=O)O)c1[c-]cccc1.[Zn+2]. The Morgan fingerprint density at radius 3 is 2.73 bits per heavy atom. The van der Waals surface area contributed by atoms with Gasteiger partial charge in [0.25, 0.3) is 0 Å². The van der Waals surface area contributed by atoms with Crippen LogP contribution in [0.5, 0.6) is 0 Å². The number of hydrogen-bond acceptors (Lipinski definition) is 2. The molecular formula is C11H11NO2Zn. The summed E-state index contributed by atoms with van der Waals surface area (Å²) in [6.07, 6.45) is 0.135. The molecule has 1 rings (SSSR count). The molecular weight excluding hydrogens is 244 g/mol. The average Bonchev–Trinajstić information content (AvgIpc) is 2.19. The smallest absolute Gasteiger partial charge is 0.480 e. The minimum atomic E-state index is -1.05. The maximum atomic E-state index is 10.5. The van der Waals surface area contributed by atoms with Crippen molar-refractivity contribution < 1.29 is 29.4 Å². The van der Waals surface area contributed by atoms with Gasteiger partial charge in [-0.15, -0.1) is 6.07 Å². The first-order chi connectivity index (χ1) is 6.61. The fourth-order valence-electron chi connectivity index (χ4n) is 1.03. The summed E-state index contributed by atoms with van der Waals surface area (Å²) >= 11 is 0. The van der Waals surface area contributed by atoms with Gasteiger partial charge in [0.1, 0.15) is 0 Å². The molecule has 4 heteroatoms. The van der Waals surface area contributed by atoms with Crippen LogP contribution < -0.4 is 5.73 Å². The molecule has 0 aromatic heterocycles. The normalized spacial score (nSPS) is 11.3. The van der Waals surface area contributed by atoms with Crippen molar-refractivity contribution in [2.24, 2.45) is 5.73 Å². The largest absolute Gasteiger partial charge is 2.00 e. The first kappa shape index (κ1) is 14.0. The molecule has 74 valence electrons. The number of hydrogen-bond donors (Lipinski definition) is 2. The van der Waals surface area contributed by atoms with E-state index in [9.17, 15) is 4.79 Å². The first-order valence-electron chi connectivity index (χ1n) is 4.18. The van der Waals surface area contributed by atoms with Crippen molar-refractivity contribution in [1.29, 1.82) is 0 Å². The third-order valence-electron chi connectivity index (χ3n) is 1.81. The number of aliphatic carboxylic acids is 1. The summed E-state index contributed by atoms with van der Waals surface area (Å²) in [5, 5.41) is 8.57. The van der Waals surface area contributed by atoms with Gasteiger partial charge in [-0.2, -0.15) is 12.1 Å². The molecule has 3 nitrogen and oxygen atoms in total. The van der Waals surface area contributed by atoms with Gasteiger partial charge in [0.05, 0.1) is 6.04 Å². The molecule has 0 aliphatic heterocycles. The summed E-state index contributed by atoms with van der Waals surface area (Å²) in [6.45, 7) is 5.68. The molecule has 0 amide bonds. The van der Waals surface area contributed by atoms with Gasteiger partial charge in [0.2, 0.25) is 0 Å². The van der Waals surface area contributed by atoms with Gasteiger partial charge in [-0.25, -0.2) is 12.1 Å². The van der Waals surface area contributed by atoms with Gasteiger partial charge in [0, 0.05) is 0 Å². The number of carboxylic acids is 1. The summed E-state index contributed by atoms with van der Waals surface area (Å²) in [5.41, 5.74) is 6.48. The predicted molar refractivity (Wildman–Crippen MR) is 53.2 cm³/mol. The van der Waals surface area contributed by atoms with E-state index in [2.05, 4.69) is 6.07 Å². The molecule has 3 N–H and O–H groups in total. The molecule has 1 unspecified atom stereocenters. The van der Waals surface area contributed by atoms with E-state index in [1.807, 2.05) is 12.1 Å². The Morgan fingerprint density at radius 1 is 1.60 bits per heavy atom. The van der Waals surface area contributed by atoms with Crippen LogP contribution in [0.1, 0.15) is 12.0 Å². The second kappa shape index (κ2) is 6.49. The summed E-state index contributed by atoms with van der Waals surface area (Å²) in [7, 11) is 0. The number of rotatable bonds is 4. The average molecular weight is 255 g/mol. The molecule has 1 aromatic carbocycles. The quantitative estimate of drug-likeness (QED) is 0.625. The fourth-order valence-corrected chi connectivity index (χ4v) is 1.03. The minimum Gasteiger partial charge on any atom is -0.480 e. The van der Waals surface area contributed by atoms with Crippen molar-refractivity contribution in [3.05, 3.63) is 42.5 Å². The second-order valence-corrected chi connectivity index (χ2v) is 2.95. The maximum Gasteiger partial charge on any atom is 2.00 e. The Hall–Kier alpha value is -0.987. The molecule has 0 saturated heterocycles. The maximum absolute atomic E-state index is 10.5. The van der Waals surface area contributed by atoms with E-state index in [1.165, 1.54) is 0 Å². The van der Waals surface area contributed by atoms with E-state index in [4.69, 9.17) is 17.4 Å². The Morgan fingerprint density at radius 2 is 2.27 bits per heavy atom. The van der Waals surface area contributed by atoms with Crippen molar-refractivity contribution in [2.45, 2.75) is 12.5 Å². The van der Waals surface area contributed by atoms with Crippen LogP contribution in [-0.4, -0.2) is 17.1 Å². The topological polar surface area (TPSA) is 63.3 Å². The zero-order valence-corrected chi connectivity index (χ0v) is 11.3. The van der Waals surface area contributed by atoms with Gasteiger partial charge in [-0.3, -0.25) is 10.4 Å². The van der Waals surface area contributed by atoms with Crippen LogP contribution in [0.3, 0.4) is 0 Å². The van der Waals surface area contributed by atoms with Crippen LogP contribution in [-0.2, 0) is 24.3 Å². The fraction of sp³-hybridized carbons (Fsp3) is 0.182. The van der Waals surface area contributed by atoms with Gasteiger partial charge in [-0.05, 0) is 0 Å². The van der Waals surface area contributed by atoms with E-state index in [0.29, 0.717) is 11.1 Å². The zero-order chi connectivity index (χ0) is 10.6. The predicted octanol–water partition coefficient (Wildman–Crippen LogP) is 1.10. The second-order valence-electron chi connectivity index (χ2n) is 2.95. The van der Waals surface area contributed by atoms with Crippen molar-refractivity contribution in [1.82, 2.24) is 0 Å². The summed E-state index contributed by atoms with van der Waals surface area (Å²) < 4.78 is 0. The summed E-state index contributed by atoms with van der Waals surface area (Å²) in [4.78, 5) is 10.5. The van der Waals surface area contributed by atoms with Crippen LogP contribution >= 0.6 is 0 Å². The number of carbonyl (C=O) groups is 1. The van der Waals surface area contributed by atoms with Crippen LogP contribution in [0.25, 0.3) is 5.57 Å². The van der Waals surface area contributed by atoms with Gasteiger partial charge in [-0.1, -0.05) is 6.42 Å². The molecule has 0 spiro atoms. The van der Waals surface area contributed by atoms with Crippen molar-refractivity contribution in [3.8, 4) is 0 Å². The van der Waals surface area contributed by atoms with Crippen LogP contribution in [0.2, 0.25) is 0 Å². The van der Waals surface area contributed by atoms with Crippen LogP contribution in [0, 0.1) is 12.6 Å². The van der Waals surface area contributed by atoms with Crippen LogP contribution in [0.4, 0.5) is 0 Å². The molecule has 0 radical (unpaired) electrons. The molecule has 0 fully saturated rings. The van der Waals surface area contributed by atoms with Crippen molar-refractivity contribution >= 4 is 11.5 Å². The molecule has 0 saturated carbocycles. The van der Waals surface area contributed by atoms with E-state index in [1.54, 1.807) is 12.1 Å². The zero-order valence-electron chi connectivity index (χ0n) is 8.31. The third kappa shape index (κ3) is 4.37. The van der Waals surface area contributed by atoms with E-state index < -0.39 is 12.0 Å². The first-order valence-corrected chi connectivity index (χ1v) is 4.18. The number of nitrogens with two attached hydrogens (primary N) is 1. The Bertz CT molecular complexity index is 338. The molecule has 1 atom stereocenters. The molecule has 1 aromatic rings.